The SMILES string of the molecule is CC.CC.CC1CCCC1(C)C.CC1Cc2ccccc2C1(C)C.CO.CO.c1ccccc1. The lowest BCUT2D eigenvalue weighted by Gasteiger charge is -2.24. The molecule has 0 aliphatic heterocycles. The third-order valence-corrected chi connectivity index (χ3v) is 6.93. The minimum absolute atomic E-state index is 0.386. The maximum absolute atomic E-state index is 7.00. The van der Waals surface area contributed by atoms with Gasteiger partial charge in [-0.2, -0.15) is 0 Å². The molecule has 2 heteroatoms. The molecule has 2 aromatic rings. The van der Waals surface area contributed by atoms with Gasteiger partial charge in [0.1, 0.15) is 0 Å². The molecule has 0 radical (unpaired) electrons. The molecular formula is C32H58O2. The lowest BCUT2D eigenvalue weighted by molar-refractivity contribution is 0.281. The van der Waals surface area contributed by atoms with Crippen LogP contribution in [0.2, 0.25) is 0 Å². The summed E-state index contributed by atoms with van der Waals surface area (Å²) in [7, 11) is 2.00. The van der Waals surface area contributed by atoms with Crippen molar-refractivity contribution in [2.45, 2.75) is 100 Å². The Hall–Kier alpha value is -1.64. The molecule has 1 fully saturated rings. The van der Waals surface area contributed by atoms with Gasteiger partial charge in [0.15, 0.2) is 0 Å². The summed E-state index contributed by atoms with van der Waals surface area (Å²) in [4.78, 5) is 0. The molecule has 2 unspecified atom stereocenters. The van der Waals surface area contributed by atoms with Crippen LogP contribution in [-0.4, -0.2) is 24.4 Å². The van der Waals surface area contributed by atoms with E-state index in [0.717, 1.165) is 26.1 Å². The maximum Gasteiger partial charge on any atom is 0.0319 e. The number of fused-ring (bicyclic) bond motifs is 1. The van der Waals surface area contributed by atoms with Crippen LogP contribution in [0, 0.1) is 17.3 Å². The molecule has 0 spiro atoms. The quantitative estimate of drug-likeness (QED) is 0.400. The summed E-state index contributed by atoms with van der Waals surface area (Å²) in [6.45, 7) is 22.2. The van der Waals surface area contributed by atoms with Crippen LogP contribution in [0.25, 0.3) is 0 Å². The van der Waals surface area contributed by atoms with Gasteiger partial charge in [0.25, 0.3) is 0 Å². The van der Waals surface area contributed by atoms with E-state index in [1.165, 1.54) is 25.7 Å². The Labute approximate surface area is 213 Å². The Balaban J connectivity index is -0.000000384. The van der Waals surface area contributed by atoms with Gasteiger partial charge in [0.2, 0.25) is 0 Å². The van der Waals surface area contributed by atoms with Gasteiger partial charge < -0.3 is 10.2 Å². The second kappa shape index (κ2) is 21.9. The second-order valence-electron chi connectivity index (χ2n) is 9.42. The fraction of sp³-hybridized carbons (Fsp3) is 0.625. The summed E-state index contributed by atoms with van der Waals surface area (Å²) in [5, 5.41) is 14.0. The first-order valence-corrected chi connectivity index (χ1v) is 13.2. The van der Waals surface area contributed by atoms with Crippen molar-refractivity contribution >= 4 is 0 Å². The topological polar surface area (TPSA) is 40.5 Å². The van der Waals surface area contributed by atoms with Crippen molar-refractivity contribution in [1.82, 2.24) is 0 Å². The van der Waals surface area contributed by atoms with E-state index in [0.29, 0.717) is 10.8 Å². The van der Waals surface area contributed by atoms with E-state index in [1.54, 1.807) is 11.1 Å². The van der Waals surface area contributed by atoms with Crippen LogP contribution in [-0.2, 0) is 11.8 Å². The molecule has 0 heterocycles. The third-order valence-electron chi connectivity index (χ3n) is 6.93. The van der Waals surface area contributed by atoms with E-state index in [9.17, 15) is 0 Å². The summed E-state index contributed by atoms with van der Waals surface area (Å²) in [6, 6.07) is 20.8. The van der Waals surface area contributed by atoms with Gasteiger partial charge in [-0.05, 0) is 46.6 Å². The predicted octanol–water partition coefficient (Wildman–Crippen LogP) is 8.95. The highest BCUT2D eigenvalue weighted by Gasteiger charge is 2.35. The van der Waals surface area contributed by atoms with Gasteiger partial charge in [-0.1, -0.05) is 143 Å². The molecule has 2 aliphatic rings. The first-order chi connectivity index (χ1) is 16.2. The van der Waals surface area contributed by atoms with Gasteiger partial charge in [-0.25, -0.2) is 0 Å². The Bertz CT molecular complexity index is 635. The lowest BCUT2D eigenvalue weighted by atomic mass is 9.80. The minimum Gasteiger partial charge on any atom is -0.400 e. The van der Waals surface area contributed by atoms with Gasteiger partial charge in [0.05, 0.1) is 0 Å². The zero-order valence-electron chi connectivity index (χ0n) is 24.7. The van der Waals surface area contributed by atoms with E-state index in [2.05, 4.69) is 65.8 Å². The number of benzene rings is 2. The minimum atomic E-state index is 0.386. The summed E-state index contributed by atoms with van der Waals surface area (Å²) in [5.74, 6) is 1.75. The van der Waals surface area contributed by atoms with Crippen molar-refractivity contribution in [3.05, 3.63) is 71.8 Å². The Morgan fingerprint density at radius 3 is 1.35 bits per heavy atom. The normalized spacial score (nSPS) is 19.5. The maximum atomic E-state index is 7.00. The summed E-state index contributed by atoms with van der Waals surface area (Å²) >= 11 is 0. The Morgan fingerprint density at radius 2 is 1.06 bits per heavy atom. The molecule has 0 aromatic heterocycles. The molecule has 2 aliphatic carbocycles. The number of aliphatic hydroxyl groups excluding tert-OH is 2. The van der Waals surface area contributed by atoms with Crippen LogP contribution >= 0.6 is 0 Å². The van der Waals surface area contributed by atoms with Crippen molar-refractivity contribution in [3.8, 4) is 0 Å². The molecule has 4 rings (SSSR count). The largest absolute Gasteiger partial charge is 0.400 e. The van der Waals surface area contributed by atoms with Gasteiger partial charge >= 0.3 is 0 Å². The molecule has 198 valence electrons. The van der Waals surface area contributed by atoms with Gasteiger partial charge in [-0.15, -0.1) is 0 Å². The fourth-order valence-corrected chi connectivity index (χ4v) is 4.06. The summed E-state index contributed by atoms with van der Waals surface area (Å²) in [6.07, 6.45) is 5.60. The first kappa shape index (κ1) is 36.9. The van der Waals surface area contributed by atoms with Crippen molar-refractivity contribution in [2.75, 3.05) is 14.2 Å². The van der Waals surface area contributed by atoms with Gasteiger partial charge in [0, 0.05) is 14.2 Å². The highest BCUT2D eigenvalue weighted by Crippen LogP contribution is 2.42. The highest BCUT2D eigenvalue weighted by molar-refractivity contribution is 5.39. The lowest BCUT2D eigenvalue weighted by Crippen LogP contribution is -2.21. The van der Waals surface area contributed by atoms with Crippen molar-refractivity contribution < 1.29 is 10.2 Å². The molecule has 2 nitrogen and oxygen atoms in total. The van der Waals surface area contributed by atoms with Crippen molar-refractivity contribution in [3.63, 3.8) is 0 Å². The standard InChI is InChI=1S/C12H16.C8H16.C6H6.2C2H6.2CH4O/c1-9-8-10-6-4-5-7-11(10)12(9,2)3;1-7-5-4-6-8(7,2)3;1-2-4-6-5-3-1;4*1-2/h4-7,9H,8H2,1-3H3;7H,4-6H2,1-3H3;1-6H;2*1-2H3;2*2H,1H3. The molecule has 0 amide bonds. The Morgan fingerprint density at radius 1 is 0.647 bits per heavy atom. The van der Waals surface area contributed by atoms with Crippen LogP contribution in [0.4, 0.5) is 0 Å². The summed E-state index contributed by atoms with van der Waals surface area (Å²) in [5.41, 5.74) is 4.14. The number of hydrogen-bond donors (Lipinski definition) is 2. The van der Waals surface area contributed by atoms with E-state index >= 15 is 0 Å². The van der Waals surface area contributed by atoms with Crippen LogP contribution in [0.1, 0.15) is 99.6 Å². The average molecular weight is 475 g/mol. The zero-order valence-corrected chi connectivity index (χ0v) is 24.7. The van der Waals surface area contributed by atoms with Crippen molar-refractivity contribution in [2.24, 2.45) is 17.3 Å². The van der Waals surface area contributed by atoms with E-state index in [1.807, 2.05) is 64.1 Å². The number of aliphatic hydroxyl groups is 2. The zero-order chi connectivity index (χ0) is 27.2. The molecule has 0 saturated heterocycles. The molecule has 2 N–H and O–H groups in total. The third kappa shape index (κ3) is 13.3. The molecule has 2 aromatic carbocycles. The van der Waals surface area contributed by atoms with Crippen LogP contribution in [0.15, 0.2) is 60.7 Å². The number of rotatable bonds is 0. The monoisotopic (exact) mass is 474 g/mol. The molecule has 2 atom stereocenters. The van der Waals surface area contributed by atoms with Crippen LogP contribution in [0.5, 0.6) is 0 Å². The highest BCUT2D eigenvalue weighted by atomic mass is 16.2. The summed E-state index contributed by atoms with van der Waals surface area (Å²) < 4.78 is 0. The van der Waals surface area contributed by atoms with Gasteiger partial charge in [-0.3, -0.25) is 0 Å². The fourth-order valence-electron chi connectivity index (χ4n) is 4.06. The van der Waals surface area contributed by atoms with Crippen LogP contribution < -0.4 is 0 Å². The predicted molar refractivity (Wildman–Crippen MR) is 155 cm³/mol. The smallest absolute Gasteiger partial charge is 0.0319 e. The van der Waals surface area contributed by atoms with Crippen molar-refractivity contribution in [1.29, 1.82) is 0 Å². The Kier molecular flexibility index (Phi) is 23.7. The van der Waals surface area contributed by atoms with E-state index < -0.39 is 0 Å². The molecule has 34 heavy (non-hydrogen) atoms. The molecule has 0 bridgehead atoms. The molecule has 1 saturated carbocycles. The number of hydrogen-bond acceptors (Lipinski definition) is 2. The average Bonchev–Trinajstić information content (AvgIpc) is 3.33. The van der Waals surface area contributed by atoms with E-state index in [4.69, 9.17) is 10.2 Å². The first-order valence-electron chi connectivity index (χ1n) is 13.2. The van der Waals surface area contributed by atoms with Crippen LogP contribution in [0.3, 0.4) is 0 Å². The second-order valence-corrected chi connectivity index (χ2v) is 9.42. The van der Waals surface area contributed by atoms with E-state index in [-0.39, 0.29) is 0 Å². The molecular weight excluding hydrogens is 416 g/mol.